The Morgan fingerprint density at radius 1 is 1.11 bits per heavy atom. The topological polar surface area (TPSA) is 77.2 Å². The van der Waals surface area contributed by atoms with E-state index in [4.69, 9.17) is 4.74 Å². The normalized spacial score (nSPS) is 40.5. The van der Waals surface area contributed by atoms with Crippen molar-refractivity contribution in [1.29, 1.82) is 0 Å². The van der Waals surface area contributed by atoms with Gasteiger partial charge in [0.1, 0.15) is 6.54 Å². The van der Waals surface area contributed by atoms with Crippen LogP contribution in [0.25, 0.3) is 11.0 Å². The van der Waals surface area contributed by atoms with Crippen molar-refractivity contribution in [3.8, 4) is 0 Å². The zero-order valence-electron chi connectivity index (χ0n) is 22.9. The number of aliphatic hydroxyl groups is 1. The third-order valence-electron chi connectivity index (χ3n) is 11.5. The quantitative estimate of drug-likeness (QED) is 0.519. The number of aromatic nitrogens is 3. The molecular formula is C30H41F2N3O3. The van der Waals surface area contributed by atoms with Crippen molar-refractivity contribution in [2.75, 3.05) is 13.2 Å². The molecule has 6 rings (SSSR count). The number of hydrogen-bond acceptors (Lipinski definition) is 5. The maximum atomic E-state index is 14.2. The van der Waals surface area contributed by atoms with Crippen LogP contribution in [0.5, 0.6) is 0 Å². The predicted molar refractivity (Wildman–Crippen MR) is 139 cm³/mol. The summed E-state index contributed by atoms with van der Waals surface area (Å²) in [5.74, 6) is 0.222. The predicted octanol–water partition coefficient (Wildman–Crippen LogP) is 5.71. The maximum absolute atomic E-state index is 14.2. The van der Waals surface area contributed by atoms with E-state index in [1.807, 2.05) is 6.92 Å². The van der Waals surface area contributed by atoms with Gasteiger partial charge in [-0.1, -0.05) is 12.1 Å². The monoisotopic (exact) mass is 529 g/mol. The molecule has 0 amide bonds. The van der Waals surface area contributed by atoms with Gasteiger partial charge in [0.2, 0.25) is 0 Å². The van der Waals surface area contributed by atoms with Gasteiger partial charge in [-0.2, -0.15) is 0 Å². The fraction of sp³-hybridized carbons (Fsp3) is 0.767. The smallest absolute Gasteiger partial charge is 0.188 e. The zero-order chi connectivity index (χ0) is 26.9. The van der Waals surface area contributed by atoms with Crippen LogP contribution in [0, 0.1) is 52.1 Å². The molecular weight excluding hydrogens is 488 g/mol. The van der Waals surface area contributed by atoms with Crippen LogP contribution in [0.4, 0.5) is 8.78 Å². The second kappa shape index (κ2) is 9.33. The highest BCUT2D eigenvalue weighted by atomic mass is 19.2. The molecule has 0 radical (unpaired) electrons. The van der Waals surface area contributed by atoms with Crippen LogP contribution in [0.15, 0.2) is 12.1 Å². The number of benzene rings is 1. The van der Waals surface area contributed by atoms with E-state index in [2.05, 4.69) is 24.2 Å². The van der Waals surface area contributed by atoms with Gasteiger partial charge < -0.3 is 9.84 Å². The van der Waals surface area contributed by atoms with Crippen LogP contribution in [-0.4, -0.2) is 44.7 Å². The largest absolute Gasteiger partial charge is 0.390 e. The number of hydrogen-bond donors (Lipinski definition) is 1. The van der Waals surface area contributed by atoms with Crippen LogP contribution in [0.3, 0.4) is 0 Å². The number of Topliss-reactive ketones (excluding diaryl/α,β-unsaturated/α-hetero) is 1. The van der Waals surface area contributed by atoms with Crippen molar-refractivity contribution in [3.05, 3.63) is 23.8 Å². The van der Waals surface area contributed by atoms with Gasteiger partial charge in [-0.25, -0.2) is 13.5 Å². The SMILES string of the molecule is CCOCC12CCC(C)(O)CC1CCC1C3CCC(C(=O)Cn4nnc5c(F)c(F)ccc54)C3(C)CCC12. The number of nitrogens with zero attached hydrogens (tertiary/aromatic N) is 3. The van der Waals surface area contributed by atoms with Gasteiger partial charge in [0, 0.05) is 12.5 Å². The highest BCUT2D eigenvalue weighted by Crippen LogP contribution is 2.68. The molecule has 1 aromatic heterocycles. The third kappa shape index (κ3) is 3.95. The summed E-state index contributed by atoms with van der Waals surface area (Å²) in [6, 6.07) is 2.51. The molecule has 1 N–H and O–H groups in total. The van der Waals surface area contributed by atoms with Crippen LogP contribution in [0.2, 0.25) is 0 Å². The zero-order valence-corrected chi connectivity index (χ0v) is 22.9. The number of carbonyl (C=O) groups excluding carboxylic acids is 1. The van der Waals surface area contributed by atoms with Gasteiger partial charge in [0.15, 0.2) is 22.9 Å². The van der Waals surface area contributed by atoms with E-state index in [0.29, 0.717) is 35.8 Å². The fourth-order valence-electron chi connectivity index (χ4n) is 9.69. The Hall–Kier alpha value is -1.93. The molecule has 4 fully saturated rings. The third-order valence-corrected chi connectivity index (χ3v) is 11.5. The molecule has 0 spiro atoms. The number of ketones is 1. The molecule has 208 valence electrons. The van der Waals surface area contributed by atoms with Gasteiger partial charge in [0.05, 0.1) is 17.7 Å². The van der Waals surface area contributed by atoms with E-state index in [-0.39, 0.29) is 34.6 Å². The van der Waals surface area contributed by atoms with E-state index < -0.39 is 17.2 Å². The van der Waals surface area contributed by atoms with E-state index >= 15 is 0 Å². The molecule has 0 aliphatic heterocycles. The molecule has 1 heterocycles. The fourth-order valence-corrected chi connectivity index (χ4v) is 9.69. The van der Waals surface area contributed by atoms with E-state index in [1.54, 1.807) is 0 Å². The van der Waals surface area contributed by atoms with Crippen LogP contribution >= 0.6 is 0 Å². The van der Waals surface area contributed by atoms with Gasteiger partial charge in [0.25, 0.3) is 0 Å². The number of fused-ring (bicyclic) bond motifs is 6. The lowest BCUT2D eigenvalue weighted by molar-refractivity contribution is -0.178. The summed E-state index contributed by atoms with van der Waals surface area (Å²) in [5, 5.41) is 18.7. The second-order valence-electron chi connectivity index (χ2n) is 13.3. The molecule has 8 heteroatoms. The number of halogens is 2. The second-order valence-corrected chi connectivity index (χ2v) is 13.3. The minimum Gasteiger partial charge on any atom is -0.390 e. The average Bonchev–Trinajstić information content (AvgIpc) is 3.45. The minimum absolute atomic E-state index is 0.0358. The molecule has 0 saturated heterocycles. The highest BCUT2D eigenvalue weighted by molar-refractivity contribution is 5.84. The summed E-state index contributed by atoms with van der Waals surface area (Å²) >= 11 is 0. The van der Waals surface area contributed by atoms with Crippen molar-refractivity contribution < 1.29 is 23.4 Å². The summed E-state index contributed by atoms with van der Waals surface area (Å²) in [6.45, 7) is 7.93. The van der Waals surface area contributed by atoms with E-state index in [0.717, 1.165) is 64.0 Å². The Bertz CT molecular complexity index is 1230. The molecule has 4 aliphatic rings. The molecule has 1 aromatic carbocycles. The van der Waals surface area contributed by atoms with Gasteiger partial charge in [-0.05, 0) is 118 Å². The molecule has 6 nitrogen and oxygen atoms in total. The highest BCUT2D eigenvalue weighted by Gasteiger charge is 2.63. The molecule has 4 aliphatic carbocycles. The van der Waals surface area contributed by atoms with Crippen LogP contribution in [-0.2, 0) is 16.1 Å². The summed E-state index contributed by atoms with van der Waals surface area (Å²) in [5.41, 5.74) is -0.293. The van der Waals surface area contributed by atoms with E-state index in [1.165, 1.54) is 17.2 Å². The summed E-state index contributed by atoms with van der Waals surface area (Å²) in [6.07, 6.45) is 9.06. The van der Waals surface area contributed by atoms with Crippen LogP contribution < -0.4 is 0 Å². The van der Waals surface area contributed by atoms with Crippen molar-refractivity contribution in [2.24, 2.45) is 40.4 Å². The average molecular weight is 530 g/mol. The van der Waals surface area contributed by atoms with Gasteiger partial charge in [-0.3, -0.25) is 4.79 Å². The Morgan fingerprint density at radius 2 is 1.92 bits per heavy atom. The minimum atomic E-state index is -1.02. The lowest BCUT2D eigenvalue weighted by Crippen LogP contribution is -2.58. The molecule has 38 heavy (non-hydrogen) atoms. The number of rotatable bonds is 6. The number of ether oxygens (including phenoxy) is 1. The summed E-state index contributed by atoms with van der Waals surface area (Å²) < 4.78 is 35.4. The first-order valence-corrected chi connectivity index (χ1v) is 14.6. The Labute approximate surface area is 223 Å². The first-order valence-electron chi connectivity index (χ1n) is 14.6. The van der Waals surface area contributed by atoms with Gasteiger partial charge >= 0.3 is 0 Å². The van der Waals surface area contributed by atoms with Gasteiger partial charge in [-0.15, -0.1) is 5.10 Å². The molecule has 2 aromatic rings. The molecule has 0 bridgehead atoms. The van der Waals surface area contributed by atoms with Crippen molar-refractivity contribution in [1.82, 2.24) is 15.0 Å². The van der Waals surface area contributed by atoms with Crippen LogP contribution in [0.1, 0.15) is 78.6 Å². The number of carbonyl (C=O) groups is 1. The standard InChI is InChI=1S/C30H41F2N3O3/c1-4-38-17-30-14-13-28(2,37)15-18(30)5-6-19-20-7-8-22(29(20,3)12-11-21(19)30)25(36)16-35-24-10-9-23(31)26(32)27(24)33-34-35/h9-10,18-22,37H,4-8,11-17H2,1-3H3. The lowest BCUT2D eigenvalue weighted by atomic mass is 9.43. The summed E-state index contributed by atoms with van der Waals surface area (Å²) in [7, 11) is 0. The first kappa shape index (κ1) is 26.3. The Balaban J connectivity index is 1.23. The van der Waals surface area contributed by atoms with Crippen molar-refractivity contribution >= 4 is 16.8 Å². The lowest BCUT2D eigenvalue weighted by Gasteiger charge is -2.62. The first-order chi connectivity index (χ1) is 18.1. The Morgan fingerprint density at radius 3 is 2.71 bits per heavy atom. The molecule has 8 unspecified atom stereocenters. The van der Waals surface area contributed by atoms with E-state index in [9.17, 15) is 18.7 Å². The van der Waals surface area contributed by atoms with Crippen molar-refractivity contribution in [2.45, 2.75) is 90.7 Å². The molecule has 4 saturated carbocycles. The van der Waals surface area contributed by atoms with Crippen molar-refractivity contribution in [3.63, 3.8) is 0 Å². The summed E-state index contributed by atoms with van der Waals surface area (Å²) in [4.78, 5) is 13.7. The maximum Gasteiger partial charge on any atom is 0.188 e. The Kier molecular flexibility index (Phi) is 6.45. The molecule has 8 atom stereocenters.